The Morgan fingerprint density at radius 3 is 2.61 bits per heavy atom. The summed E-state index contributed by atoms with van der Waals surface area (Å²) >= 11 is 0. The quantitative estimate of drug-likeness (QED) is 0.592. The van der Waals surface area contributed by atoms with E-state index in [9.17, 15) is 28.2 Å². The third-order valence-corrected chi connectivity index (χ3v) is 5.36. The highest BCUT2D eigenvalue weighted by Gasteiger charge is 2.37. The molecule has 1 heterocycles. The molecule has 0 atom stereocenters. The summed E-state index contributed by atoms with van der Waals surface area (Å²) in [5.74, 6) is -3.06. The first kappa shape index (κ1) is 19.8. The van der Waals surface area contributed by atoms with E-state index in [0.717, 1.165) is 6.07 Å². The molecule has 9 nitrogen and oxygen atoms in total. The lowest BCUT2D eigenvalue weighted by Gasteiger charge is -2.19. The SMILES string of the molecule is CC(C)(O)CC(=O)Nc1ccc2cc(O)c(N3CC(=O)NS3(=O)=O)c(F)c2c1. The summed E-state index contributed by atoms with van der Waals surface area (Å²) in [6.45, 7) is 2.27. The van der Waals surface area contributed by atoms with Crippen molar-refractivity contribution in [2.24, 2.45) is 0 Å². The second-order valence-corrected chi connectivity index (χ2v) is 8.66. The standard InChI is InChI=1S/C17H18FN3O6S/c1-17(2,25)7-13(23)19-10-4-3-9-5-12(22)16(15(18)11(9)6-10)21-8-14(24)20-28(21,26)27/h3-6,22,25H,7-8H2,1-2H3,(H,19,23)(H,20,24). The summed E-state index contributed by atoms with van der Waals surface area (Å²) < 4.78 is 41.2. The largest absolute Gasteiger partial charge is 0.506 e. The number of benzene rings is 2. The van der Waals surface area contributed by atoms with Gasteiger partial charge in [-0.1, -0.05) is 6.07 Å². The van der Waals surface area contributed by atoms with Crippen molar-refractivity contribution < 1.29 is 32.6 Å². The van der Waals surface area contributed by atoms with Gasteiger partial charge in [-0.3, -0.25) is 9.59 Å². The van der Waals surface area contributed by atoms with Crippen LogP contribution in [0.1, 0.15) is 20.3 Å². The number of hydrogen-bond acceptors (Lipinski definition) is 6. The highest BCUT2D eigenvalue weighted by Crippen LogP contribution is 2.39. The summed E-state index contributed by atoms with van der Waals surface area (Å²) in [5, 5.41) is 22.5. The predicted octanol–water partition coefficient (Wildman–Crippen LogP) is 0.965. The number of halogens is 1. The molecular weight excluding hydrogens is 393 g/mol. The lowest BCUT2D eigenvalue weighted by Crippen LogP contribution is -2.30. The smallest absolute Gasteiger partial charge is 0.326 e. The van der Waals surface area contributed by atoms with Gasteiger partial charge in [-0.2, -0.15) is 8.42 Å². The lowest BCUT2D eigenvalue weighted by atomic mass is 10.0. The Bertz CT molecular complexity index is 1090. The third kappa shape index (κ3) is 3.85. The van der Waals surface area contributed by atoms with Crippen LogP contribution < -0.4 is 14.3 Å². The molecule has 0 bridgehead atoms. The molecule has 1 fully saturated rings. The average molecular weight is 411 g/mol. The molecule has 0 aromatic heterocycles. The number of anilines is 2. The van der Waals surface area contributed by atoms with Crippen molar-refractivity contribution in [2.45, 2.75) is 25.9 Å². The molecule has 3 rings (SSSR count). The van der Waals surface area contributed by atoms with Gasteiger partial charge < -0.3 is 15.5 Å². The number of aliphatic hydroxyl groups is 1. The molecule has 0 aliphatic carbocycles. The molecular formula is C17H18FN3O6S. The number of rotatable bonds is 4. The first-order valence-corrected chi connectivity index (χ1v) is 9.62. The molecule has 0 unspecified atom stereocenters. The van der Waals surface area contributed by atoms with Crippen LogP contribution in [0.15, 0.2) is 24.3 Å². The van der Waals surface area contributed by atoms with Crippen LogP contribution in [0.3, 0.4) is 0 Å². The van der Waals surface area contributed by atoms with Crippen molar-refractivity contribution in [3.05, 3.63) is 30.1 Å². The Balaban J connectivity index is 2.04. The molecule has 0 spiro atoms. The third-order valence-electron chi connectivity index (χ3n) is 3.98. The molecule has 150 valence electrons. The molecule has 1 saturated heterocycles. The summed E-state index contributed by atoms with van der Waals surface area (Å²) in [6.07, 6.45) is -0.186. The number of nitrogens with one attached hydrogen (secondary N) is 2. The van der Waals surface area contributed by atoms with Gasteiger partial charge in [0.2, 0.25) is 5.91 Å². The van der Waals surface area contributed by atoms with Crippen LogP contribution in [0.5, 0.6) is 5.75 Å². The van der Waals surface area contributed by atoms with Crippen molar-refractivity contribution in [2.75, 3.05) is 16.2 Å². The number of aromatic hydroxyl groups is 1. The number of hydrogen-bond donors (Lipinski definition) is 4. The maximum Gasteiger partial charge on any atom is 0.326 e. The number of carbonyl (C=O) groups is 2. The number of fused-ring (bicyclic) bond motifs is 1. The van der Waals surface area contributed by atoms with E-state index in [1.807, 2.05) is 0 Å². The number of phenolic OH excluding ortho intramolecular Hbond substituents is 1. The molecule has 28 heavy (non-hydrogen) atoms. The molecule has 4 N–H and O–H groups in total. The van der Waals surface area contributed by atoms with Gasteiger partial charge in [0.25, 0.3) is 5.91 Å². The van der Waals surface area contributed by atoms with Gasteiger partial charge in [0, 0.05) is 11.1 Å². The highest BCUT2D eigenvalue weighted by molar-refractivity contribution is 7.92. The molecule has 2 aromatic rings. The summed E-state index contributed by atoms with van der Waals surface area (Å²) in [6, 6.07) is 5.34. The maximum absolute atomic E-state index is 15.1. The zero-order valence-electron chi connectivity index (χ0n) is 15.0. The van der Waals surface area contributed by atoms with Crippen LogP contribution in [0.4, 0.5) is 15.8 Å². The maximum atomic E-state index is 15.1. The first-order chi connectivity index (χ1) is 12.9. The normalized spacial score (nSPS) is 16.3. The monoisotopic (exact) mass is 411 g/mol. The second kappa shape index (κ2) is 6.60. The molecule has 2 aromatic carbocycles. The van der Waals surface area contributed by atoms with E-state index < -0.39 is 51.4 Å². The van der Waals surface area contributed by atoms with Gasteiger partial charge in [-0.15, -0.1) is 0 Å². The Labute approximate surface area is 159 Å². The predicted molar refractivity (Wildman–Crippen MR) is 99.5 cm³/mol. The Hall–Kier alpha value is -2.92. The van der Waals surface area contributed by atoms with E-state index >= 15 is 4.39 Å². The topological polar surface area (TPSA) is 136 Å². The first-order valence-electron chi connectivity index (χ1n) is 8.18. The summed E-state index contributed by atoms with van der Waals surface area (Å²) in [5.41, 5.74) is -1.67. The molecule has 0 saturated carbocycles. The number of carbonyl (C=O) groups excluding carboxylic acids is 2. The Morgan fingerprint density at radius 2 is 2.04 bits per heavy atom. The number of phenols is 1. The highest BCUT2D eigenvalue weighted by atomic mass is 32.2. The van der Waals surface area contributed by atoms with Gasteiger partial charge in [0.05, 0.1) is 12.0 Å². The van der Waals surface area contributed by atoms with Gasteiger partial charge in [-0.05, 0) is 37.4 Å². The van der Waals surface area contributed by atoms with Gasteiger partial charge in [0.1, 0.15) is 18.0 Å². The fourth-order valence-electron chi connectivity index (χ4n) is 2.89. The zero-order valence-corrected chi connectivity index (χ0v) is 15.8. The molecule has 1 aliphatic rings. The van der Waals surface area contributed by atoms with Crippen LogP contribution in [-0.2, 0) is 19.8 Å². The van der Waals surface area contributed by atoms with Crippen LogP contribution in [-0.4, -0.2) is 42.6 Å². The minimum absolute atomic E-state index is 0.0663. The van der Waals surface area contributed by atoms with Crippen molar-refractivity contribution in [3.8, 4) is 5.75 Å². The van der Waals surface area contributed by atoms with Crippen molar-refractivity contribution in [1.82, 2.24) is 4.72 Å². The minimum atomic E-state index is -4.32. The average Bonchev–Trinajstić information content (AvgIpc) is 2.78. The van der Waals surface area contributed by atoms with Crippen LogP contribution in [0.25, 0.3) is 10.8 Å². The second-order valence-electron chi connectivity index (χ2n) is 7.07. The van der Waals surface area contributed by atoms with Gasteiger partial charge in [-0.25, -0.2) is 13.4 Å². The molecule has 0 radical (unpaired) electrons. The lowest BCUT2D eigenvalue weighted by molar-refractivity contribution is -0.120. The Morgan fingerprint density at radius 1 is 1.36 bits per heavy atom. The summed E-state index contributed by atoms with van der Waals surface area (Å²) in [4.78, 5) is 23.4. The number of nitrogens with zero attached hydrogens (tertiary/aromatic N) is 1. The van der Waals surface area contributed by atoms with Crippen molar-refractivity contribution in [1.29, 1.82) is 0 Å². The van der Waals surface area contributed by atoms with E-state index in [4.69, 9.17) is 0 Å². The minimum Gasteiger partial charge on any atom is -0.506 e. The van der Waals surface area contributed by atoms with Crippen molar-refractivity contribution in [3.63, 3.8) is 0 Å². The van der Waals surface area contributed by atoms with Crippen LogP contribution in [0, 0.1) is 5.82 Å². The van der Waals surface area contributed by atoms with Crippen LogP contribution >= 0.6 is 0 Å². The fraction of sp³-hybridized carbons (Fsp3) is 0.294. The molecule has 11 heteroatoms. The van der Waals surface area contributed by atoms with E-state index in [2.05, 4.69) is 5.32 Å². The summed E-state index contributed by atoms with van der Waals surface area (Å²) in [7, 11) is -4.32. The van der Waals surface area contributed by atoms with E-state index in [0.29, 0.717) is 4.31 Å². The van der Waals surface area contributed by atoms with E-state index in [1.54, 1.807) is 4.72 Å². The van der Waals surface area contributed by atoms with Gasteiger partial charge >= 0.3 is 10.2 Å². The number of amides is 2. The van der Waals surface area contributed by atoms with Crippen molar-refractivity contribution >= 4 is 44.2 Å². The van der Waals surface area contributed by atoms with E-state index in [-0.39, 0.29) is 22.9 Å². The van der Waals surface area contributed by atoms with E-state index in [1.165, 1.54) is 32.0 Å². The Kier molecular flexibility index (Phi) is 4.68. The molecule has 1 aliphatic heterocycles. The van der Waals surface area contributed by atoms with Gasteiger partial charge in [0.15, 0.2) is 5.82 Å². The van der Waals surface area contributed by atoms with Crippen LogP contribution in [0.2, 0.25) is 0 Å². The zero-order chi connectivity index (χ0) is 20.9. The molecule has 2 amide bonds. The fourth-order valence-corrected chi connectivity index (χ4v) is 4.05.